The van der Waals surface area contributed by atoms with Crippen LogP contribution in [0.4, 0.5) is 0 Å². The second-order valence-electron chi connectivity index (χ2n) is 2.83. The van der Waals surface area contributed by atoms with E-state index >= 15 is 0 Å². The van der Waals surface area contributed by atoms with Gasteiger partial charge >= 0.3 is 11.9 Å². The fourth-order valence-electron chi connectivity index (χ4n) is 1.35. The lowest BCUT2D eigenvalue weighted by molar-refractivity contribution is 0.0630. The van der Waals surface area contributed by atoms with E-state index < -0.39 is 11.9 Å². The molecular weight excluding hydrogens is 188 g/mol. The molecule has 0 atom stereocenters. The minimum Gasteiger partial charge on any atom is -0.475 e. The first-order valence-corrected chi connectivity index (χ1v) is 4.07. The molecule has 0 bridgehead atoms. The molecule has 5 nitrogen and oxygen atoms in total. The van der Waals surface area contributed by atoms with Gasteiger partial charge in [0.05, 0.1) is 0 Å². The van der Waals surface area contributed by atoms with Crippen LogP contribution >= 0.6 is 0 Å². The summed E-state index contributed by atoms with van der Waals surface area (Å²) in [4.78, 5) is 21.3. The van der Waals surface area contributed by atoms with Crippen LogP contribution in [0.3, 0.4) is 0 Å². The Morgan fingerprint density at radius 1 is 1.21 bits per heavy atom. The molecule has 0 aliphatic carbocycles. The predicted octanol–water partition coefficient (Wildman–Crippen LogP) is 1.55. The van der Waals surface area contributed by atoms with Crippen molar-refractivity contribution in [1.29, 1.82) is 0 Å². The molecule has 0 aliphatic heterocycles. The Kier molecular flexibility index (Phi) is 2.60. The standard InChI is InChI=1S/C9H10O5/c1-3-5-4(2)6(8(10)11)14-7(5)9(12)13/h3H2,1-2H3,(H,10,11)(H,12,13). The van der Waals surface area contributed by atoms with E-state index in [1.165, 1.54) is 6.92 Å². The second-order valence-corrected chi connectivity index (χ2v) is 2.83. The van der Waals surface area contributed by atoms with E-state index in [-0.39, 0.29) is 11.5 Å². The topological polar surface area (TPSA) is 87.7 Å². The molecule has 0 unspecified atom stereocenters. The lowest BCUT2D eigenvalue weighted by Crippen LogP contribution is -1.98. The van der Waals surface area contributed by atoms with Crippen LogP contribution in [-0.2, 0) is 6.42 Å². The summed E-state index contributed by atoms with van der Waals surface area (Å²) in [6.07, 6.45) is 0.435. The first-order valence-electron chi connectivity index (χ1n) is 4.07. The monoisotopic (exact) mass is 198 g/mol. The zero-order chi connectivity index (χ0) is 10.9. The molecule has 2 N–H and O–H groups in total. The van der Waals surface area contributed by atoms with Crippen LogP contribution in [0.2, 0.25) is 0 Å². The summed E-state index contributed by atoms with van der Waals surface area (Å²) in [6.45, 7) is 3.29. The molecule has 0 radical (unpaired) electrons. The highest BCUT2D eigenvalue weighted by atomic mass is 16.4. The van der Waals surface area contributed by atoms with Crippen LogP contribution in [0.15, 0.2) is 4.42 Å². The Morgan fingerprint density at radius 3 is 2.00 bits per heavy atom. The zero-order valence-electron chi connectivity index (χ0n) is 7.83. The Bertz CT molecular complexity index is 388. The maximum Gasteiger partial charge on any atom is 0.372 e. The molecule has 1 aromatic rings. The lowest BCUT2D eigenvalue weighted by atomic mass is 10.1. The van der Waals surface area contributed by atoms with Crippen molar-refractivity contribution in [3.63, 3.8) is 0 Å². The molecule has 76 valence electrons. The van der Waals surface area contributed by atoms with Gasteiger partial charge in [-0.3, -0.25) is 0 Å². The number of rotatable bonds is 3. The number of carboxylic acid groups (broad SMARTS) is 2. The summed E-state index contributed by atoms with van der Waals surface area (Å²) >= 11 is 0. The highest BCUT2D eigenvalue weighted by molar-refractivity contribution is 5.92. The first-order chi connectivity index (χ1) is 6.49. The van der Waals surface area contributed by atoms with Gasteiger partial charge in [0, 0.05) is 11.1 Å². The largest absolute Gasteiger partial charge is 0.475 e. The van der Waals surface area contributed by atoms with Crippen LogP contribution in [0.1, 0.15) is 39.2 Å². The molecule has 0 amide bonds. The lowest BCUT2D eigenvalue weighted by Gasteiger charge is -1.93. The third kappa shape index (κ3) is 1.48. The van der Waals surface area contributed by atoms with E-state index in [4.69, 9.17) is 14.6 Å². The first kappa shape index (κ1) is 10.3. The van der Waals surface area contributed by atoms with Crippen LogP contribution in [0.5, 0.6) is 0 Å². The summed E-state index contributed by atoms with van der Waals surface area (Å²) < 4.78 is 4.76. The van der Waals surface area contributed by atoms with Gasteiger partial charge in [-0.15, -0.1) is 0 Å². The van der Waals surface area contributed by atoms with Crippen molar-refractivity contribution in [2.24, 2.45) is 0 Å². The van der Waals surface area contributed by atoms with E-state index in [2.05, 4.69) is 0 Å². The van der Waals surface area contributed by atoms with Crippen molar-refractivity contribution in [2.75, 3.05) is 0 Å². The molecule has 0 saturated heterocycles. The average Bonchev–Trinajstić information content (AvgIpc) is 2.42. The predicted molar refractivity (Wildman–Crippen MR) is 46.7 cm³/mol. The maximum absolute atomic E-state index is 10.7. The van der Waals surface area contributed by atoms with Gasteiger partial charge in [0.2, 0.25) is 11.5 Å². The number of hydrogen-bond acceptors (Lipinski definition) is 3. The summed E-state index contributed by atoms with van der Waals surface area (Å²) in [6, 6.07) is 0. The normalized spacial score (nSPS) is 10.1. The van der Waals surface area contributed by atoms with Gasteiger partial charge in [0.25, 0.3) is 0 Å². The van der Waals surface area contributed by atoms with Gasteiger partial charge in [-0.2, -0.15) is 0 Å². The SMILES string of the molecule is CCc1c(C(=O)O)oc(C(=O)O)c1C. The van der Waals surface area contributed by atoms with Gasteiger partial charge in [0.1, 0.15) is 0 Å². The van der Waals surface area contributed by atoms with Crippen LogP contribution in [0, 0.1) is 6.92 Å². The van der Waals surface area contributed by atoms with Crippen molar-refractivity contribution in [2.45, 2.75) is 20.3 Å². The smallest absolute Gasteiger partial charge is 0.372 e. The van der Waals surface area contributed by atoms with E-state index in [9.17, 15) is 9.59 Å². The van der Waals surface area contributed by atoms with Crippen molar-refractivity contribution in [3.8, 4) is 0 Å². The molecule has 0 fully saturated rings. The van der Waals surface area contributed by atoms with E-state index in [1.807, 2.05) is 0 Å². The van der Waals surface area contributed by atoms with Crippen molar-refractivity contribution in [1.82, 2.24) is 0 Å². The minimum atomic E-state index is -1.25. The number of hydrogen-bond donors (Lipinski definition) is 2. The number of carboxylic acids is 2. The third-order valence-electron chi connectivity index (χ3n) is 2.01. The molecule has 1 heterocycles. The fraction of sp³-hybridized carbons (Fsp3) is 0.333. The van der Waals surface area contributed by atoms with Crippen molar-refractivity contribution < 1.29 is 24.2 Å². The van der Waals surface area contributed by atoms with Crippen LogP contribution in [-0.4, -0.2) is 22.2 Å². The number of furan rings is 1. The molecule has 14 heavy (non-hydrogen) atoms. The van der Waals surface area contributed by atoms with Crippen molar-refractivity contribution >= 4 is 11.9 Å². The molecular formula is C9H10O5. The number of aromatic carboxylic acids is 2. The van der Waals surface area contributed by atoms with Crippen LogP contribution in [0.25, 0.3) is 0 Å². The fourth-order valence-corrected chi connectivity index (χ4v) is 1.35. The molecule has 0 saturated carbocycles. The van der Waals surface area contributed by atoms with E-state index in [1.54, 1.807) is 6.92 Å². The zero-order valence-corrected chi connectivity index (χ0v) is 7.83. The van der Waals surface area contributed by atoms with Crippen LogP contribution < -0.4 is 0 Å². The summed E-state index contributed by atoms with van der Waals surface area (Å²) in [5.41, 5.74) is 0.826. The highest BCUT2D eigenvalue weighted by Gasteiger charge is 2.24. The average molecular weight is 198 g/mol. The van der Waals surface area contributed by atoms with E-state index in [0.29, 0.717) is 17.5 Å². The summed E-state index contributed by atoms with van der Waals surface area (Å²) in [7, 11) is 0. The molecule has 0 aliphatic rings. The molecule has 0 aromatic carbocycles. The van der Waals surface area contributed by atoms with Gasteiger partial charge in [-0.25, -0.2) is 9.59 Å². The quantitative estimate of drug-likeness (QED) is 0.769. The molecule has 1 aromatic heterocycles. The summed E-state index contributed by atoms with van der Waals surface area (Å²) in [5.74, 6) is -3.05. The molecule has 1 rings (SSSR count). The van der Waals surface area contributed by atoms with Crippen molar-refractivity contribution in [3.05, 3.63) is 22.6 Å². The maximum atomic E-state index is 10.7. The van der Waals surface area contributed by atoms with Gasteiger partial charge in [-0.05, 0) is 13.3 Å². The van der Waals surface area contributed by atoms with Gasteiger partial charge in [0.15, 0.2) is 0 Å². The highest BCUT2D eigenvalue weighted by Crippen LogP contribution is 2.22. The Labute approximate surface area is 80.0 Å². The third-order valence-corrected chi connectivity index (χ3v) is 2.01. The van der Waals surface area contributed by atoms with E-state index in [0.717, 1.165) is 0 Å². The van der Waals surface area contributed by atoms with Gasteiger partial charge < -0.3 is 14.6 Å². The minimum absolute atomic E-state index is 0.276. The number of carbonyl (C=O) groups is 2. The second kappa shape index (κ2) is 3.53. The molecule has 0 spiro atoms. The Hall–Kier alpha value is -1.78. The summed E-state index contributed by atoms with van der Waals surface area (Å²) in [5, 5.41) is 17.4. The molecule has 5 heteroatoms. The Morgan fingerprint density at radius 2 is 1.71 bits per heavy atom. The Balaban J connectivity index is 3.39. The van der Waals surface area contributed by atoms with Gasteiger partial charge in [-0.1, -0.05) is 6.92 Å².